The molecule has 1 aliphatic heterocycles. The van der Waals surface area contributed by atoms with Crippen molar-refractivity contribution < 1.29 is 9.59 Å². The van der Waals surface area contributed by atoms with E-state index in [4.69, 9.17) is 5.73 Å². The predicted molar refractivity (Wildman–Crippen MR) is 95.0 cm³/mol. The smallest absolute Gasteiger partial charge is 0.256 e. The third-order valence-electron chi connectivity index (χ3n) is 4.62. The number of H-pyrrole nitrogens is 1. The van der Waals surface area contributed by atoms with Gasteiger partial charge in [-0.3, -0.25) is 14.7 Å². The number of amides is 2. The van der Waals surface area contributed by atoms with E-state index in [1.165, 1.54) is 12.4 Å². The molecule has 1 atom stereocenters. The quantitative estimate of drug-likeness (QED) is 0.769. The van der Waals surface area contributed by atoms with Crippen LogP contribution >= 0.6 is 0 Å². The van der Waals surface area contributed by atoms with Crippen LogP contribution in [-0.2, 0) is 11.2 Å². The highest BCUT2D eigenvalue weighted by Gasteiger charge is 2.28. The summed E-state index contributed by atoms with van der Waals surface area (Å²) in [6, 6.07) is 0. The number of hydrogen-bond acceptors (Lipinski definition) is 6. The Morgan fingerprint density at radius 3 is 2.81 bits per heavy atom. The fraction of sp³-hybridized carbons (Fsp3) is 0.471. The first-order valence-corrected chi connectivity index (χ1v) is 8.61. The van der Waals surface area contributed by atoms with Crippen molar-refractivity contribution in [3.63, 3.8) is 0 Å². The molecule has 0 spiro atoms. The Bertz CT molecular complexity index is 745. The maximum Gasteiger partial charge on any atom is 0.256 e. The fourth-order valence-electron chi connectivity index (χ4n) is 3.17. The minimum Gasteiger partial charge on any atom is -0.368 e. The number of nitrogen functional groups attached to an aromatic ring is 1. The maximum absolute atomic E-state index is 12.4. The summed E-state index contributed by atoms with van der Waals surface area (Å²) in [5.74, 6) is 0.422. The number of nitrogens with one attached hydrogen (secondary N) is 1. The number of anilines is 1. The average Bonchev–Trinajstić information content (AvgIpc) is 3.31. The lowest BCUT2D eigenvalue weighted by atomic mass is 10.1. The van der Waals surface area contributed by atoms with Gasteiger partial charge in [-0.05, 0) is 24.3 Å². The molecule has 0 saturated carbocycles. The lowest BCUT2D eigenvalue weighted by Crippen LogP contribution is -2.34. The van der Waals surface area contributed by atoms with E-state index >= 15 is 0 Å². The van der Waals surface area contributed by atoms with Gasteiger partial charge in [0.25, 0.3) is 5.91 Å². The van der Waals surface area contributed by atoms with Gasteiger partial charge in [0.2, 0.25) is 11.9 Å². The number of carbonyl (C=O) groups excluding carboxylic acids is 2. The zero-order valence-electron chi connectivity index (χ0n) is 14.8. The summed E-state index contributed by atoms with van der Waals surface area (Å²) in [6.45, 7) is 2.01. The summed E-state index contributed by atoms with van der Waals surface area (Å²) >= 11 is 0. The van der Waals surface area contributed by atoms with Crippen LogP contribution in [-0.4, -0.2) is 68.5 Å². The van der Waals surface area contributed by atoms with Gasteiger partial charge in [0.05, 0.1) is 11.8 Å². The van der Waals surface area contributed by atoms with Gasteiger partial charge in [-0.15, -0.1) is 0 Å². The van der Waals surface area contributed by atoms with Gasteiger partial charge in [-0.2, -0.15) is 5.10 Å². The van der Waals surface area contributed by atoms with Gasteiger partial charge < -0.3 is 15.5 Å². The zero-order chi connectivity index (χ0) is 18.5. The van der Waals surface area contributed by atoms with Crippen LogP contribution < -0.4 is 5.73 Å². The van der Waals surface area contributed by atoms with Gasteiger partial charge in [0.15, 0.2) is 0 Å². The second-order valence-corrected chi connectivity index (χ2v) is 6.62. The Balaban J connectivity index is 1.46. The van der Waals surface area contributed by atoms with Crippen molar-refractivity contribution in [2.75, 3.05) is 32.4 Å². The SMILES string of the molecule is CN(CC1CCN(C(=O)CCc2cn[nH]c2)C1)C(=O)c1cnc(N)nc1. The molecule has 26 heavy (non-hydrogen) atoms. The summed E-state index contributed by atoms with van der Waals surface area (Å²) < 4.78 is 0. The molecule has 1 unspecified atom stereocenters. The molecule has 2 aromatic heterocycles. The van der Waals surface area contributed by atoms with E-state index in [1.54, 1.807) is 18.1 Å². The van der Waals surface area contributed by atoms with Crippen molar-refractivity contribution in [2.45, 2.75) is 19.3 Å². The number of nitrogens with zero attached hydrogens (tertiary/aromatic N) is 5. The minimum atomic E-state index is -0.144. The fourth-order valence-corrected chi connectivity index (χ4v) is 3.17. The van der Waals surface area contributed by atoms with Gasteiger partial charge in [0.1, 0.15) is 0 Å². The molecular weight excluding hydrogens is 334 g/mol. The van der Waals surface area contributed by atoms with Gasteiger partial charge in [0, 0.05) is 51.7 Å². The molecule has 1 aliphatic rings. The van der Waals surface area contributed by atoms with E-state index in [0.717, 1.165) is 18.5 Å². The largest absolute Gasteiger partial charge is 0.368 e. The van der Waals surface area contributed by atoms with Gasteiger partial charge in [-0.1, -0.05) is 0 Å². The molecule has 9 heteroatoms. The van der Waals surface area contributed by atoms with Gasteiger partial charge >= 0.3 is 0 Å². The Kier molecular flexibility index (Phi) is 5.45. The highest BCUT2D eigenvalue weighted by Crippen LogP contribution is 2.19. The number of hydrogen-bond donors (Lipinski definition) is 2. The van der Waals surface area contributed by atoms with Crippen LogP contribution in [0.3, 0.4) is 0 Å². The Hall–Kier alpha value is -2.97. The van der Waals surface area contributed by atoms with E-state index in [2.05, 4.69) is 20.2 Å². The standard InChI is InChI=1S/C17H23N7O2/c1-23(16(26)14-8-19-17(18)20-9-14)10-13-4-5-24(11-13)15(25)3-2-12-6-21-22-7-12/h6-9,13H,2-5,10-11H2,1H3,(H,21,22)(H2,18,19,20). The highest BCUT2D eigenvalue weighted by atomic mass is 16.2. The Morgan fingerprint density at radius 1 is 1.35 bits per heavy atom. The van der Waals surface area contributed by atoms with Gasteiger partial charge in [-0.25, -0.2) is 9.97 Å². The van der Waals surface area contributed by atoms with Crippen LogP contribution in [0, 0.1) is 5.92 Å². The average molecular weight is 357 g/mol. The van der Waals surface area contributed by atoms with Crippen LogP contribution in [0.5, 0.6) is 0 Å². The third-order valence-corrected chi connectivity index (χ3v) is 4.62. The second kappa shape index (κ2) is 7.94. The van der Waals surface area contributed by atoms with E-state index in [0.29, 0.717) is 31.5 Å². The van der Waals surface area contributed by atoms with Crippen LogP contribution in [0.2, 0.25) is 0 Å². The topological polar surface area (TPSA) is 121 Å². The number of nitrogens with two attached hydrogens (primary N) is 1. The molecule has 0 bridgehead atoms. The first kappa shape index (κ1) is 17.8. The van der Waals surface area contributed by atoms with Crippen molar-refractivity contribution in [2.24, 2.45) is 5.92 Å². The molecule has 1 fully saturated rings. The molecule has 1 saturated heterocycles. The van der Waals surface area contributed by atoms with Crippen molar-refractivity contribution in [3.05, 3.63) is 35.9 Å². The minimum absolute atomic E-state index is 0.143. The predicted octanol–water partition coefficient (Wildman–Crippen LogP) is 0.335. The first-order chi connectivity index (χ1) is 12.5. The van der Waals surface area contributed by atoms with Crippen LogP contribution in [0.15, 0.2) is 24.8 Å². The third kappa shape index (κ3) is 4.35. The number of carbonyl (C=O) groups is 2. The normalized spacial score (nSPS) is 16.7. The molecule has 0 aliphatic carbocycles. The van der Waals surface area contributed by atoms with Crippen LogP contribution in [0.4, 0.5) is 5.95 Å². The van der Waals surface area contributed by atoms with Crippen molar-refractivity contribution in [1.29, 1.82) is 0 Å². The van der Waals surface area contributed by atoms with Crippen molar-refractivity contribution in [3.8, 4) is 0 Å². The Morgan fingerprint density at radius 2 is 2.12 bits per heavy atom. The van der Waals surface area contributed by atoms with E-state index in [9.17, 15) is 9.59 Å². The summed E-state index contributed by atoms with van der Waals surface area (Å²) in [5, 5.41) is 6.64. The molecule has 0 aromatic carbocycles. The molecule has 9 nitrogen and oxygen atoms in total. The van der Waals surface area contributed by atoms with E-state index in [-0.39, 0.29) is 23.7 Å². The molecule has 0 radical (unpaired) electrons. The van der Waals surface area contributed by atoms with Crippen LogP contribution in [0.1, 0.15) is 28.8 Å². The first-order valence-electron chi connectivity index (χ1n) is 8.61. The number of aromatic amines is 1. The van der Waals surface area contributed by atoms with E-state index in [1.807, 2.05) is 11.1 Å². The lowest BCUT2D eigenvalue weighted by Gasteiger charge is -2.22. The molecule has 138 valence electrons. The van der Waals surface area contributed by atoms with Crippen molar-refractivity contribution >= 4 is 17.8 Å². The maximum atomic E-state index is 12.4. The number of likely N-dealkylation sites (tertiary alicyclic amines) is 1. The molecule has 3 N–H and O–H groups in total. The highest BCUT2D eigenvalue weighted by molar-refractivity contribution is 5.93. The van der Waals surface area contributed by atoms with E-state index < -0.39 is 0 Å². The molecule has 3 rings (SSSR count). The summed E-state index contributed by atoms with van der Waals surface area (Å²) in [4.78, 5) is 36.0. The number of aromatic nitrogens is 4. The van der Waals surface area contributed by atoms with Crippen LogP contribution in [0.25, 0.3) is 0 Å². The summed E-state index contributed by atoms with van der Waals surface area (Å²) in [7, 11) is 1.75. The van der Waals surface area contributed by atoms with Crippen molar-refractivity contribution in [1.82, 2.24) is 30.0 Å². The second-order valence-electron chi connectivity index (χ2n) is 6.62. The molecule has 3 heterocycles. The zero-order valence-corrected chi connectivity index (χ0v) is 14.8. The molecule has 2 amide bonds. The monoisotopic (exact) mass is 357 g/mol. The summed E-state index contributed by atoms with van der Waals surface area (Å²) in [5.41, 5.74) is 6.89. The summed E-state index contributed by atoms with van der Waals surface area (Å²) in [6.07, 6.45) is 8.47. The molecular formula is C17H23N7O2. The lowest BCUT2D eigenvalue weighted by molar-refractivity contribution is -0.130. The Labute approximate surface area is 151 Å². The number of rotatable bonds is 6. The number of aryl methyl sites for hydroxylation is 1. The molecule has 2 aromatic rings.